The highest BCUT2D eigenvalue weighted by molar-refractivity contribution is 5.75. The molecule has 0 fully saturated rings. The summed E-state index contributed by atoms with van der Waals surface area (Å²) < 4.78 is 0. The number of hydrogen-bond donors (Lipinski definition) is 0. The minimum Gasteiger partial charge on any atom is -0.256 e. The Labute approximate surface area is 115 Å². The van der Waals surface area contributed by atoms with Gasteiger partial charge in [-0.2, -0.15) is 0 Å². The molecule has 1 heteroatoms. The molecule has 0 bridgehead atoms. The molecule has 0 atom stereocenters. The van der Waals surface area contributed by atoms with Gasteiger partial charge in [0.15, 0.2) is 0 Å². The number of nitrogens with zero attached hydrogens (tertiary/aromatic N) is 1. The first-order valence-electron chi connectivity index (χ1n) is 6.39. The van der Waals surface area contributed by atoms with Crippen LogP contribution in [0.1, 0.15) is 29.3 Å². The number of pyridine rings is 1. The fraction of sp³-hybridized carbons (Fsp3) is 0.167. The Hall–Kier alpha value is -2.15. The van der Waals surface area contributed by atoms with E-state index < -0.39 is 0 Å². The van der Waals surface area contributed by atoms with Crippen LogP contribution >= 0.6 is 0 Å². The van der Waals surface area contributed by atoms with Gasteiger partial charge < -0.3 is 0 Å². The number of hydrogen-bond acceptors (Lipinski definition) is 1. The van der Waals surface area contributed by atoms with Gasteiger partial charge in [-0.25, -0.2) is 0 Å². The molecular formula is C18H19N. The molecule has 0 amide bonds. The highest BCUT2D eigenvalue weighted by Gasteiger charge is 2.08. The lowest BCUT2D eigenvalue weighted by molar-refractivity contribution is 1.22. The largest absolute Gasteiger partial charge is 0.256 e. The lowest BCUT2D eigenvalue weighted by Crippen LogP contribution is -1.93. The maximum Gasteiger partial charge on any atom is 0.0659 e. The van der Waals surface area contributed by atoms with Crippen LogP contribution in [0.5, 0.6) is 0 Å². The molecule has 2 rings (SSSR count). The molecule has 96 valence electrons. The third-order valence-electron chi connectivity index (χ3n) is 3.33. The van der Waals surface area contributed by atoms with Crippen molar-refractivity contribution >= 4 is 11.6 Å². The van der Waals surface area contributed by atoms with Crippen molar-refractivity contribution < 1.29 is 0 Å². The van der Waals surface area contributed by atoms with E-state index in [2.05, 4.69) is 56.3 Å². The lowest BCUT2D eigenvalue weighted by Gasteiger charge is -2.12. The zero-order valence-corrected chi connectivity index (χ0v) is 11.8. The first-order chi connectivity index (χ1) is 9.02. The summed E-state index contributed by atoms with van der Waals surface area (Å²) in [6.45, 7) is 14.0. The van der Waals surface area contributed by atoms with E-state index in [-0.39, 0.29) is 0 Å². The molecule has 0 aliphatic carbocycles. The molecule has 1 heterocycles. The molecule has 1 nitrogen and oxygen atoms in total. The van der Waals surface area contributed by atoms with Gasteiger partial charge in [-0.15, -0.1) is 0 Å². The monoisotopic (exact) mass is 249 g/mol. The summed E-state index contributed by atoms with van der Waals surface area (Å²) in [5.41, 5.74) is 7.95. The van der Waals surface area contributed by atoms with E-state index >= 15 is 0 Å². The maximum absolute atomic E-state index is 4.42. The minimum atomic E-state index is 0.948. The average Bonchev–Trinajstić information content (AvgIpc) is 2.40. The standard InChI is InChI=1S/C18H19N/c1-6-15-8-7-13(4)16(9-15)17-10-18(12(2)3)19-11-14(17)5/h6-11H,1-2H2,3-5H3. The van der Waals surface area contributed by atoms with E-state index in [1.54, 1.807) is 0 Å². The molecule has 19 heavy (non-hydrogen) atoms. The van der Waals surface area contributed by atoms with Crippen molar-refractivity contribution in [2.24, 2.45) is 0 Å². The SMILES string of the molecule is C=Cc1ccc(C)c(-c2cc(C(=C)C)ncc2C)c1. The second-order valence-electron chi connectivity index (χ2n) is 4.94. The van der Waals surface area contributed by atoms with Crippen LogP contribution in [0.4, 0.5) is 0 Å². The smallest absolute Gasteiger partial charge is 0.0659 e. The third kappa shape index (κ3) is 2.65. The van der Waals surface area contributed by atoms with Gasteiger partial charge in [0, 0.05) is 6.20 Å². The van der Waals surface area contributed by atoms with Crippen LogP contribution in [0, 0.1) is 13.8 Å². The molecule has 0 aliphatic heterocycles. The lowest BCUT2D eigenvalue weighted by atomic mass is 9.94. The Bertz CT molecular complexity index is 651. The summed E-state index contributed by atoms with van der Waals surface area (Å²) in [5, 5.41) is 0. The summed E-state index contributed by atoms with van der Waals surface area (Å²) in [5.74, 6) is 0. The van der Waals surface area contributed by atoms with Crippen molar-refractivity contribution in [2.45, 2.75) is 20.8 Å². The topological polar surface area (TPSA) is 12.9 Å². The van der Waals surface area contributed by atoms with Gasteiger partial charge in [-0.3, -0.25) is 4.98 Å². The van der Waals surface area contributed by atoms with Crippen LogP contribution in [-0.2, 0) is 0 Å². The number of benzene rings is 1. The van der Waals surface area contributed by atoms with Crippen molar-refractivity contribution in [1.82, 2.24) is 4.98 Å². The van der Waals surface area contributed by atoms with E-state index in [1.807, 2.05) is 19.2 Å². The molecule has 2 aromatic rings. The Morgan fingerprint density at radius 2 is 1.79 bits per heavy atom. The number of rotatable bonds is 3. The first kappa shape index (κ1) is 13.3. The average molecular weight is 249 g/mol. The van der Waals surface area contributed by atoms with Crippen molar-refractivity contribution in [3.8, 4) is 11.1 Å². The predicted molar refractivity (Wildman–Crippen MR) is 83.9 cm³/mol. The van der Waals surface area contributed by atoms with Gasteiger partial charge in [0.2, 0.25) is 0 Å². The van der Waals surface area contributed by atoms with Crippen LogP contribution in [0.3, 0.4) is 0 Å². The summed E-state index contributed by atoms with van der Waals surface area (Å²) in [6.07, 6.45) is 3.79. The van der Waals surface area contributed by atoms with Gasteiger partial charge in [0.05, 0.1) is 5.69 Å². The molecule has 0 saturated carbocycles. The highest BCUT2D eigenvalue weighted by Crippen LogP contribution is 2.29. The van der Waals surface area contributed by atoms with E-state index in [9.17, 15) is 0 Å². The predicted octanol–water partition coefficient (Wildman–Crippen LogP) is 5.04. The number of aryl methyl sites for hydroxylation is 2. The molecule has 0 unspecified atom stereocenters. The number of aromatic nitrogens is 1. The summed E-state index contributed by atoms with van der Waals surface area (Å²) in [4.78, 5) is 4.42. The molecule has 0 N–H and O–H groups in total. The maximum atomic E-state index is 4.42. The van der Waals surface area contributed by atoms with Crippen molar-refractivity contribution in [1.29, 1.82) is 0 Å². The van der Waals surface area contributed by atoms with E-state index in [4.69, 9.17) is 0 Å². The first-order valence-corrected chi connectivity index (χ1v) is 6.39. The molecule has 1 aromatic carbocycles. The van der Waals surface area contributed by atoms with Crippen molar-refractivity contribution in [3.05, 3.63) is 66.0 Å². The quantitative estimate of drug-likeness (QED) is 0.742. The Balaban J connectivity index is 2.66. The highest BCUT2D eigenvalue weighted by atomic mass is 14.7. The molecular weight excluding hydrogens is 230 g/mol. The van der Waals surface area contributed by atoms with Crippen LogP contribution < -0.4 is 0 Å². The normalized spacial score (nSPS) is 10.3. The fourth-order valence-corrected chi connectivity index (χ4v) is 2.10. The van der Waals surface area contributed by atoms with Crippen LogP contribution in [-0.4, -0.2) is 4.98 Å². The summed E-state index contributed by atoms with van der Waals surface area (Å²) in [6, 6.07) is 8.51. The second-order valence-corrected chi connectivity index (χ2v) is 4.94. The van der Waals surface area contributed by atoms with Gasteiger partial charge in [0.25, 0.3) is 0 Å². The second kappa shape index (κ2) is 5.23. The van der Waals surface area contributed by atoms with Crippen LogP contribution in [0.2, 0.25) is 0 Å². The summed E-state index contributed by atoms with van der Waals surface area (Å²) >= 11 is 0. The summed E-state index contributed by atoms with van der Waals surface area (Å²) in [7, 11) is 0. The molecule has 0 aliphatic rings. The zero-order valence-electron chi connectivity index (χ0n) is 11.8. The zero-order chi connectivity index (χ0) is 14.0. The molecule has 0 spiro atoms. The van der Waals surface area contributed by atoms with Gasteiger partial charge in [0.1, 0.15) is 0 Å². The van der Waals surface area contributed by atoms with Gasteiger partial charge >= 0.3 is 0 Å². The third-order valence-corrected chi connectivity index (χ3v) is 3.33. The Kier molecular flexibility index (Phi) is 3.66. The number of allylic oxidation sites excluding steroid dienone is 1. The van der Waals surface area contributed by atoms with Crippen LogP contribution in [0.25, 0.3) is 22.8 Å². The fourth-order valence-electron chi connectivity index (χ4n) is 2.10. The Morgan fingerprint density at radius 3 is 2.42 bits per heavy atom. The van der Waals surface area contributed by atoms with E-state index in [0.717, 1.165) is 16.8 Å². The van der Waals surface area contributed by atoms with Crippen LogP contribution in [0.15, 0.2) is 43.6 Å². The molecule has 1 aromatic heterocycles. The Morgan fingerprint density at radius 1 is 1.11 bits per heavy atom. The van der Waals surface area contributed by atoms with Gasteiger partial charge in [-0.05, 0) is 66.3 Å². The van der Waals surface area contributed by atoms with E-state index in [0.29, 0.717) is 0 Å². The minimum absolute atomic E-state index is 0.948. The van der Waals surface area contributed by atoms with Gasteiger partial charge in [-0.1, -0.05) is 31.4 Å². The van der Waals surface area contributed by atoms with E-state index in [1.165, 1.54) is 22.3 Å². The van der Waals surface area contributed by atoms with Crippen molar-refractivity contribution in [2.75, 3.05) is 0 Å². The molecule has 0 saturated heterocycles. The molecule has 0 radical (unpaired) electrons. The van der Waals surface area contributed by atoms with Crippen molar-refractivity contribution in [3.63, 3.8) is 0 Å².